The Hall–Kier alpha value is -1.22. The summed E-state index contributed by atoms with van der Waals surface area (Å²) in [5.74, 6) is 3.76. The molecule has 1 aromatic carbocycles. The molecule has 3 fully saturated rings. The van der Waals surface area contributed by atoms with Crippen molar-refractivity contribution in [2.45, 2.75) is 44.8 Å². The van der Waals surface area contributed by atoms with E-state index in [0.717, 1.165) is 50.0 Å². The lowest BCUT2D eigenvalue weighted by atomic mass is 9.57. The molecular weight excluding hydrogens is 481 g/mol. The molecule has 162 valence electrons. The molecular formula is C22H34IN3O3. The third-order valence-corrected chi connectivity index (χ3v) is 6.93. The molecule has 29 heavy (non-hydrogen) atoms. The van der Waals surface area contributed by atoms with E-state index in [4.69, 9.17) is 14.2 Å². The van der Waals surface area contributed by atoms with Gasteiger partial charge < -0.3 is 24.4 Å². The highest BCUT2D eigenvalue weighted by Gasteiger charge is 2.59. The van der Waals surface area contributed by atoms with E-state index in [0.29, 0.717) is 24.0 Å². The van der Waals surface area contributed by atoms with Crippen molar-refractivity contribution >= 4 is 29.9 Å². The lowest BCUT2D eigenvalue weighted by molar-refractivity contribution is -0.107. The van der Waals surface area contributed by atoms with Crippen LogP contribution in [-0.4, -0.2) is 64.0 Å². The number of hydrogen-bond donors (Lipinski definition) is 1. The van der Waals surface area contributed by atoms with Gasteiger partial charge in [-0.25, -0.2) is 0 Å². The van der Waals surface area contributed by atoms with Crippen molar-refractivity contribution in [3.8, 4) is 11.5 Å². The number of guanidine groups is 1. The Kier molecular flexibility index (Phi) is 6.88. The van der Waals surface area contributed by atoms with Crippen LogP contribution in [0.3, 0.4) is 0 Å². The summed E-state index contributed by atoms with van der Waals surface area (Å²) in [5, 5.41) is 3.77. The third kappa shape index (κ3) is 4.04. The quantitative estimate of drug-likeness (QED) is 0.378. The predicted octanol–water partition coefficient (Wildman–Crippen LogP) is 3.50. The number of benzene rings is 1. The van der Waals surface area contributed by atoms with Gasteiger partial charge in [0.2, 0.25) is 0 Å². The summed E-state index contributed by atoms with van der Waals surface area (Å²) in [4.78, 5) is 6.99. The molecule has 0 radical (unpaired) electrons. The summed E-state index contributed by atoms with van der Waals surface area (Å²) in [6, 6.07) is 6.61. The number of nitrogens with one attached hydrogen (secondary N) is 1. The third-order valence-electron chi connectivity index (χ3n) is 6.93. The zero-order chi connectivity index (χ0) is 19.9. The Morgan fingerprint density at radius 1 is 1.17 bits per heavy atom. The smallest absolute Gasteiger partial charge is 0.193 e. The molecule has 1 saturated carbocycles. The van der Waals surface area contributed by atoms with E-state index in [2.05, 4.69) is 41.2 Å². The average molecular weight is 515 g/mol. The molecule has 2 saturated heterocycles. The molecule has 0 spiro atoms. The van der Waals surface area contributed by atoms with Gasteiger partial charge in [-0.15, -0.1) is 24.0 Å². The van der Waals surface area contributed by atoms with Gasteiger partial charge in [-0.3, -0.25) is 4.99 Å². The van der Waals surface area contributed by atoms with Gasteiger partial charge in [-0.05, 0) is 30.5 Å². The number of halogens is 1. The minimum atomic E-state index is 0. The number of hydrogen-bond acceptors (Lipinski definition) is 4. The summed E-state index contributed by atoms with van der Waals surface area (Å²) >= 11 is 0. The summed E-state index contributed by atoms with van der Waals surface area (Å²) in [6.07, 6.45) is 2.63. The number of aliphatic imine (C=N–C) groups is 1. The first-order valence-electron chi connectivity index (χ1n) is 10.3. The summed E-state index contributed by atoms with van der Waals surface area (Å²) in [5.41, 5.74) is 1.42. The number of rotatable bonds is 4. The van der Waals surface area contributed by atoms with Gasteiger partial charge in [-0.1, -0.05) is 13.8 Å². The van der Waals surface area contributed by atoms with Crippen molar-refractivity contribution in [1.82, 2.24) is 10.2 Å². The van der Waals surface area contributed by atoms with Crippen molar-refractivity contribution in [1.29, 1.82) is 0 Å². The molecule has 0 bridgehead atoms. The molecule has 0 amide bonds. The van der Waals surface area contributed by atoms with Crippen LogP contribution in [0.1, 0.15) is 38.2 Å². The summed E-state index contributed by atoms with van der Waals surface area (Å²) in [7, 11) is 5.29. The zero-order valence-electron chi connectivity index (χ0n) is 18.1. The highest BCUT2D eigenvalue weighted by Crippen LogP contribution is 2.52. The van der Waals surface area contributed by atoms with E-state index in [1.54, 1.807) is 14.2 Å². The fourth-order valence-electron chi connectivity index (χ4n) is 5.34. The first-order valence-corrected chi connectivity index (χ1v) is 10.3. The number of ether oxygens (including phenoxy) is 3. The first-order chi connectivity index (χ1) is 13.5. The van der Waals surface area contributed by atoms with Crippen LogP contribution in [0.15, 0.2) is 23.2 Å². The second kappa shape index (κ2) is 8.88. The first kappa shape index (κ1) is 22.5. The van der Waals surface area contributed by atoms with E-state index in [1.807, 2.05) is 13.1 Å². The lowest BCUT2D eigenvalue weighted by Gasteiger charge is -2.55. The lowest BCUT2D eigenvalue weighted by Crippen LogP contribution is -2.68. The van der Waals surface area contributed by atoms with Crippen LogP contribution >= 0.6 is 24.0 Å². The minimum absolute atomic E-state index is 0. The number of fused-ring (bicyclic) bond motifs is 1. The molecule has 4 rings (SSSR count). The van der Waals surface area contributed by atoms with Gasteiger partial charge in [0.15, 0.2) is 5.96 Å². The monoisotopic (exact) mass is 515 g/mol. The Morgan fingerprint density at radius 2 is 1.86 bits per heavy atom. The second-order valence-corrected chi connectivity index (χ2v) is 8.81. The van der Waals surface area contributed by atoms with Crippen molar-refractivity contribution in [2.75, 3.05) is 41.0 Å². The number of nitrogens with zero attached hydrogens (tertiary/aromatic N) is 2. The van der Waals surface area contributed by atoms with Crippen LogP contribution in [0, 0.1) is 11.3 Å². The van der Waals surface area contributed by atoms with Crippen LogP contribution in [0.25, 0.3) is 0 Å². The maximum Gasteiger partial charge on any atom is 0.193 e. The number of methoxy groups -OCH3 is 2. The largest absolute Gasteiger partial charge is 0.497 e. The standard InChI is InChI=1S/C22H33N3O3.HI/c1-22(2)19(18-7-9-28-20(18)22)24-21(23-3)25-8-6-14(13-25)15-10-16(26-4)12-17(11-15)27-5;/h10-12,14,18-20H,6-9,13H2,1-5H3,(H,23,24);1H. The Bertz CT molecular complexity index is 733. The van der Waals surface area contributed by atoms with Crippen molar-refractivity contribution in [3.05, 3.63) is 23.8 Å². The van der Waals surface area contributed by atoms with E-state index >= 15 is 0 Å². The maximum atomic E-state index is 5.94. The zero-order valence-corrected chi connectivity index (χ0v) is 20.4. The van der Waals surface area contributed by atoms with Crippen LogP contribution in [-0.2, 0) is 4.74 Å². The molecule has 6 nitrogen and oxygen atoms in total. The molecule has 4 atom stereocenters. The normalized spacial score (nSPS) is 30.2. The molecule has 1 aliphatic carbocycles. The van der Waals surface area contributed by atoms with Crippen LogP contribution in [0.2, 0.25) is 0 Å². The SMILES string of the molecule is CN=C(NC1C2CCOC2C1(C)C)N1CCC(c2cc(OC)cc(OC)c2)C1.I. The molecule has 1 aromatic rings. The molecule has 4 unspecified atom stereocenters. The van der Waals surface area contributed by atoms with Crippen LogP contribution in [0.4, 0.5) is 0 Å². The number of likely N-dealkylation sites (tertiary alicyclic amines) is 1. The van der Waals surface area contributed by atoms with E-state index in [9.17, 15) is 0 Å². The van der Waals surface area contributed by atoms with Gasteiger partial charge in [0.25, 0.3) is 0 Å². The van der Waals surface area contributed by atoms with Crippen molar-refractivity contribution < 1.29 is 14.2 Å². The van der Waals surface area contributed by atoms with Gasteiger partial charge in [0.1, 0.15) is 11.5 Å². The topological polar surface area (TPSA) is 55.3 Å². The van der Waals surface area contributed by atoms with E-state index in [1.165, 1.54) is 5.56 Å². The van der Waals surface area contributed by atoms with Gasteiger partial charge in [-0.2, -0.15) is 0 Å². The molecule has 3 aliphatic rings. The average Bonchev–Trinajstić information content (AvgIpc) is 3.37. The van der Waals surface area contributed by atoms with Gasteiger partial charge in [0, 0.05) is 56.1 Å². The van der Waals surface area contributed by atoms with Gasteiger partial charge in [0.05, 0.1) is 20.3 Å². The summed E-state index contributed by atoms with van der Waals surface area (Å²) in [6.45, 7) is 7.45. The van der Waals surface area contributed by atoms with E-state index in [-0.39, 0.29) is 29.4 Å². The molecule has 0 aromatic heterocycles. The van der Waals surface area contributed by atoms with Crippen LogP contribution in [0.5, 0.6) is 11.5 Å². The Morgan fingerprint density at radius 3 is 2.48 bits per heavy atom. The van der Waals surface area contributed by atoms with Crippen molar-refractivity contribution in [3.63, 3.8) is 0 Å². The fourth-order valence-corrected chi connectivity index (χ4v) is 5.34. The Balaban J connectivity index is 0.00000240. The Labute approximate surface area is 191 Å². The van der Waals surface area contributed by atoms with E-state index < -0.39 is 0 Å². The molecule has 1 N–H and O–H groups in total. The van der Waals surface area contributed by atoms with Gasteiger partial charge >= 0.3 is 0 Å². The minimum Gasteiger partial charge on any atom is -0.497 e. The summed E-state index contributed by atoms with van der Waals surface area (Å²) < 4.78 is 16.8. The van der Waals surface area contributed by atoms with Crippen LogP contribution < -0.4 is 14.8 Å². The highest BCUT2D eigenvalue weighted by molar-refractivity contribution is 14.0. The molecule has 2 aliphatic heterocycles. The predicted molar refractivity (Wildman–Crippen MR) is 126 cm³/mol. The maximum absolute atomic E-state index is 5.94. The molecule has 7 heteroatoms. The second-order valence-electron chi connectivity index (χ2n) is 8.81. The molecule has 2 heterocycles. The van der Waals surface area contributed by atoms with Crippen molar-refractivity contribution in [2.24, 2.45) is 16.3 Å². The fraction of sp³-hybridized carbons (Fsp3) is 0.682. The highest BCUT2D eigenvalue weighted by atomic mass is 127.